The fraction of sp³-hybridized carbons (Fsp3) is 0.333. The number of rotatable bonds is 7. The van der Waals surface area contributed by atoms with E-state index >= 15 is 0 Å². The normalized spacial score (nSPS) is 13.0. The Hall–Kier alpha value is -2.96. The van der Waals surface area contributed by atoms with Crippen LogP contribution in [0.1, 0.15) is 18.4 Å². The van der Waals surface area contributed by atoms with Crippen molar-refractivity contribution in [3.8, 4) is 11.5 Å². The van der Waals surface area contributed by atoms with Gasteiger partial charge in [0.2, 0.25) is 0 Å². The third-order valence-corrected chi connectivity index (χ3v) is 3.86. The second kappa shape index (κ2) is 7.74. The van der Waals surface area contributed by atoms with Gasteiger partial charge in [-0.1, -0.05) is 6.07 Å². The Kier molecular flexibility index (Phi) is 5.23. The van der Waals surface area contributed by atoms with Gasteiger partial charge >= 0.3 is 6.03 Å². The van der Waals surface area contributed by atoms with Crippen molar-refractivity contribution in [3.05, 3.63) is 42.1 Å². The lowest BCUT2D eigenvalue weighted by Gasteiger charge is -2.11. The van der Waals surface area contributed by atoms with E-state index in [4.69, 9.17) is 9.47 Å². The van der Waals surface area contributed by atoms with Crippen LogP contribution in [0.15, 0.2) is 36.5 Å². The van der Waals surface area contributed by atoms with E-state index in [-0.39, 0.29) is 6.03 Å². The molecule has 0 aliphatic heterocycles. The van der Waals surface area contributed by atoms with Gasteiger partial charge in [0.1, 0.15) is 5.82 Å². The Morgan fingerprint density at radius 2 is 1.96 bits per heavy atom. The molecule has 2 amide bonds. The number of anilines is 2. The monoisotopic (exact) mass is 342 g/mol. The number of methoxy groups -OCH3 is 2. The van der Waals surface area contributed by atoms with Crippen LogP contribution >= 0.6 is 0 Å². The molecule has 1 aliphatic carbocycles. The molecular weight excluding hydrogens is 320 g/mol. The number of hydrogen-bond acceptors (Lipinski definition) is 5. The van der Waals surface area contributed by atoms with Crippen molar-refractivity contribution in [2.45, 2.75) is 25.4 Å². The highest BCUT2D eigenvalue weighted by Crippen LogP contribution is 2.27. The molecule has 7 nitrogen and oxygen atoms in total. The van der Waals surface area contributed by atoms with Crippen LogP contribution in [0.2, 0.25) is 0 Å². The number of hydrogen-bond donors (Lipinski definition) is 3. The molecule has 2 aromatic rings. The summed E-state index contributed by atoms with van der Waals surface area (Å²) >= 11 is 0. The predicted octanol–water partition coefficient (Wildman–Crippen LogP) is 2.99. The van der Waals surface area contributed by atoms with Crippen LogP contribution in [0.25, 0.3) is 0 Å². The van der Waals surface area contributed by atoms with Crippen molar-refractivity contribution >= 4 is 17.5 Å². The SMILES string of the molecule is COc1ccc(CNc2ccc(NC(=O)NC3CC3)nc2)cc1OC. The van der Waals surface area contributed by atoms with E-state index in [1.807, 2.05) is 24.3 Å². The number of aromatic nitrogens is 1. The average Bonchev–Trinajstić information content (AvgIpc) is 3.44. The molecule has 1 aromatic carbocycles. The van der Waals surface area contributed by atoms with Gasteiger partial charge in [-0.15, -0.1) is 0 Å². The van der Waals surface area contributed by atoms with Gasteiger partial charge in [0, 0.05) is 12.6 Å². The van der Waals surface area contributed by atoms with E-state index in [1.165, 1.54) is 0 Å². The second-order valence-electron chi connectivity index (χ2n) is 5.85. The first-order chi connectivity index (χ1) is 12.2. The molecule has 0 atom stereocenters. The number of nitrogens with zero attached hydrogens (tertiary/aromatic N) is 1. The minimum absolute atomic E-state index is 0.207. The van der Waals surface area contributed by atoms with E-state index in [0.717, 1.165) is 24.1 Å². The molecule has 1 aliphatic rings. The molecule has 3 rings (SSSR count). The highest BCUT2D eigenvalue weighted by Gasteiger charge is 2.23. The Morgan fingerprint density at radius 3 is 2.60 bits per heavy atom. The van der Waals surface area contributed by atoms with Gasteiger partial charge < -0.3 is 20.1 Å². The van der Waals surface area contributed by atoms with Crippen LogP contribution in [0.3, 0.4) is 0 Å². The van der Waals surface area contributed by atoms with Crippen LogP contribution in [-0.2, 0) is 6.54 Å². The molecule has 7 heteroatoms. The third-order valence-electron chi connectivity index (χ3n) is 3.86. The van der Waals surface area contributed by atoms with Crippen molar-refractivity contribution in [2.24, 2.45) is 0 Å². The Morgan fingerprint density at radius 1 is 1.16 bits per heavy atom. The van der Waals surface area contributed by atoms with Crippen LogP contribution < -0.4 is 25.4 Å². The zero-order valence-electron chi connectivity index (χ0n) is 14.3. The summed E-state index contributed by atoms with van der Waals surface area (Å²) < 4.78 is 10.5. The molecule has 1 fully saturated rings. The summed E-state index contributed by atoms with van der Waals surface area (Å²) in [6.45, 7) is 0.622. The number of amides is 2. The smallest absolute Gasteiger partial charge is 0.320 e. The van der Waals surface area contributed by atoms with Gasteiger partial charge in [-0.2, -0.15) is 0 Å². The lowest BCUT2D eigenvalue weighted by Crippen LogP contribution is -2.30. The lowest BCUT2D eigenvalue weighted by molar-refractivity contribution is 0.251. The maximum absolute atomic E-state index is 11.7. The zero-order valence-corrected chi connectivity index (χ0v) is 14.3. The first-order valence-corrected chi connectivity index (χ1v) is 8.16. The molecule has 1 saturated carbocycles. The van der Waals surface area contributed by atoms with Crippen molar-refractivity contribution in [1.29, 1.82) is 0 Å². The number of carbonyl (C=O) groups is 1. The Bertz CT molecular complexity index is 730. The molecule has 132 valence electrons. The first-order valence-electron chi connectivity index (χ1n) is 8.16. The molecule has 0 spiro atoms. The van der Waals surface area contributed by atoms with Crippen LogP contribution in [0.4, 0.5) is 16.3 Å². The van der Waals surface area contributed by atoms with Gasteiger partial charge in [0.15, 0.2) is 11.5 Å². The minimum atomic E-state index is -0.207. The summed E-state index contributed by atoms with van der Waals surface area (Å²) in [7, 11) is 3.23. The van der Waals surface area contributed by atoms with Crippen molar-refractivity contribution in [1.82, 2.24) is 10.3 Å². The van der Waals surface area contributed by atoms with E-state index in [9.17, 15) is 4.79 Å². The van der Waals surface area contributed by atoms with Crippen LogP contribution in [0.5, 0.6) is 11.5 Å². The Labute approximate surface area is 146 Å². The first kappa shape index (κ1) is 16.9. The quantitative estimate of drug-likeness (QED) is 0.720. The summed E-state index contributed by atoms with van der Waals surface area (Å²) in [4.78, 5) is 15.9. The minimum Gasteiger partial charge on any atom is -0.493 e. The average molecular weight is 342 g/mol. The topological polar surface area (TPSA) is 84.5 Å². The fourth-order valence-electron chi connectivity index (χ4n) is 2.33. The van der Waals surface area contributed by atoms with Crippen LogP contribution in [-0.4, -0.2) is 31.3 Å². The van der Waals surface area contributed by atoms with E-state index in [0.29, 0.717) is 29.9 Å². The number of pyridine rings is 1. The highest BCUT2D eigenvalue weighted by atomic mass is 16.5. The molecule has 0 saturated heterocycles. The highest BCUT2D eigenvalue weighted by molar-refractivity contribution is 5.88. The number of urea groups is 1. The number of benzene rings is 1. The predicted molar refractivity (Wildman–Crippen MR) is 96.3 cm³/mol. The van der Waals surface area contributed by atoms with Gasteiger partial charge in [-0.3, -0.25) is 5.32 Å². The molecule has 0 unspecified atom stereocenters. The van der Waals surface area contributed by atoms with E-state index < -0.39 is 0 Å². The molecular formula is C18H22N4O3. The Balaban J connectivity index is 1.53. The molecule has 1 aromatic heterocycles. The van der Waals surface area contributed by atoms with E-state index in [1.54, 1.807) is 26.5 Å². The lowest BCUT2D eigenvalue weighted by atomic mass is 10.2. The second-order valence-corrected chi connectivity index (χ2v) is 5.85. The molecule has 3 N–H and O–H groups in total. The van der Waals surface area contributed by atoms with Gasteiger partial charge in [0.25, 0.3) is 0 Å². The third kappa shape index (κ3) is 4.76. The zero-order chi connectivity index (χ0) is 17.6. The van der Waals surface area contributed by atoms with Crippen molar-refractivity contribution < 1.29 is 14.3 Å². The summed E-state index contributed by atoms with van der Waals surface area (Å²) in [6, 6.07) is 9.53. The van der Waals surface area contributed by atoms with Gasteiger partial charge in [0.05, 0.1) is 26.1 Å². The maximum Gasteiger partial charge on any atom is 0.320 e. The molecule has 0 bridgehead atoms. The van der Waals surface area contributed by atoms with E-state index in [2.05, 4.69) is 20.9 Å². The summed E-state index contributed by atoms with van der Waals surface area (Å²) in [6.07, 6.45) is 3.80. The van der Waals surface area contributed by atoms with Gasteiger partial charge in [-0.05, 0) is 42.7 Å². The standard InChI is InChI=1S/C18H22N4O3/c1-24-15-7-3-12(9-16(15)25-2)10-19-14-6-8-17(20-11-14)22-18(23)21-13-4-5-13/h3,6-9,11,13,19H,4-5,10H2,1-2H3,(H2,20,21,22,23). The summed E-state index contributed by atoms with van der Waals surface area (Å²) in [5.74, 6) is 1.92. The summed E-state index contributed by atoms with van der Waals surface area (Å²) in [5, 5.41) is 8.86. The largest absolute Gasteiger partial charge is 0.493 e. The number of carbonyl (C=O) groups excluding carboxylic acids is 1. The van der Waals surface area contributed by atoms with Gasteiger partial charge in [-0.25, -0.2) is 9.78 Å². The van der Waals surface area contributed by atoms with Crippen molar-refractivity contribution in [3.63, 3.8) is 0 Å². The molecule has 0 radical (unpaired) electrons. The fourth-order valence-corrected chi connectivity index (χ4v) is 2.33. The van der Waals surface area contributed by atoms with Crippen LogP contribution in [0, 0.1) is 0 Å². The van der Waals surface area contributed by atoms with Crippen molar-refractivity contribution in [2.75, 3.05) is 24.9 Å². The number of ether oxygens (including phenoxy) is 2. The molecule has 25 heavy (non-hydrogen) atoms. The number of nitrogens with one attached hydrogen (secondary N) is 3. The summed E-state index contributed by atoms with van der Waals surface area (Å²) in [5.41, 5.74) is 1.92. The molecule has 1 heterocycles. The maximum atomic E-state index is 11.7.